The highest BCUT2D eigenvalue weighted by molar-refractivity contribution is 7.85. The Kier molecular flexibility index (Phi) is 3.03. The molecule has 8 heteroatoms. The standard InChI is InChI=1S/C7H7NO6S/c9-7(15(12,13)14)5-2-1-3-6(4-5)8(10)11/h1-4,7,9H,(H,12,13,14). The van der Waals surface area contributed by atoms with Gasteiger partial charge in [0.1, 0.15) is 0 Å². The average molecular weight is 233 g/mol. The quantitative estimate of drug-likeness (QED) is 0.445. The zero-order chi connectivity index (χ0) is 11.6. The predicted molar refractivity (Wildman–Crippen MR) is 49.6 cm³/mol. The fourth-order valence-electron chi connectivity index (χ4n) is 0.964. The van der Waals surface area contributed by atoms with Crippen molar-refractivity contribution >= 4 is 15.8 Å². The third kappa shape index (κ3) is 2.72. The highest BCUT2D eigenvalue weighted by Gasteiger charge is 2.23. The molecule has 0 bridgehead atoms. The van der Waals surface area contributed by atoms with Crippen LogP contribution in [0.4, 0.5) is 5.69 Å². The number of hydrogen-bond donors (Lipinski definition) is 2. The molecule has 1 aromatic rings. The van der Waals surface area contributed by atoms with Crippen LogP contribution in [0.3, 0.4) is 0 Å². The van der Waals surface area contributed by atoms with Gasteiger partial charge in [-0.3, -0.25) is 14.7 Å². The summed E-state index contributed by atoms with van der Waals surface area (Å²) in [5.41, 5.74) is -2.79. The molecule has 0 saturated heterocycles. The topological polar surface area (TPSA) is 118 Å². The number of non-ortho nitro benzene ring substituents is 1. The number of nitro groups is 1. The van der Waals surface area contributed by atoms with E-state index in [-0.39, 0.29) is 11.3 Å². The highest BCUT2D eigenvalue weighted by atomic mass is 32.2. The molecule has 0 spiro atoms. The first-order valence-electron chi connectivity index (χ1n) is 3.71. The van der Waals surface area contributed by atoms with E-state index in [1.807, 2.05) is 0 Å². The molecule has 0 fully saturated rings. The molecule has 1 rings (SSSR count). The fraction of sp³-hybridized carbons (Fsp3) is 0.143. The van der Waals surface area contributed by atoms with Crippen LogP contribution < -0.4 is 0 Å². The van der Waals surface area contributed by atoms with E-state index in [0.717, 1.165) is 18.2 Å². The summed E-state index contributed by atoms with van der Waals surface area (Å²) in [6, 6.07) is 4.38. The van der Waals surface area contributed by atoms with Crippen molar-refractivity contribution in [2.75, 3.05) is 0 Å². The van der Waals surface area contributed by atoms with Gasteiger partial charge in [-0.05, 0) is 0 Å². The Hall–Kier alpha value is -1.51. The maximum absolute atomic E-state index is 10.5. The summed E-state index contributed by atoms with van der Waals surface area (Å²) < 4.78 is 29.6. The zero-order valence-corrected chi connectivity index (χ0v) is 8.09. The first-order valence-corrected chi connectivity index (χ1v) is 5.21. The van der Waals surface area contributed by atoms with Crippen molar-refractivity contribution < 1.29 is 23.0 Å². The van der Waals surface area contributed by atoms with Gasteiger partial charge in [-0.25, -0.2) is 0 Å². The summed E-state index contributed by atoms with van der Waals surface area (Å²) in [7, 11) is -4.67. The molecule has 1 aromatic carbocycles. The number of hydrogen-bond acceptors (Lipinski definition) is 5. The number of rotatable bonds is 3. The number of aliphatic hydroxyl groups is 1. The molecule has 0 aromatic heterocycles. The molecule has 0 radical (unpaired) electrons. The lowest BCUT2D eigenvalue weighted by molar-refractivity contribution is -0.384. The highest BCUT2D eigenvalue weighted by Crippen LogP contribution is 2.22. The van der Waals surface area contributed by atoms with Crippen molar-refractivity contribution in [2.24, 2.45) is 0 Å². The van der Waals surface area contributed by atoms with Crippen LogP contribution in [0, 0.1) is 10.1 Å². The van der Waals surface area contributed by atoms with Gasteiger partial charge in [0.2, 0.25) is 5.44 Å². The summed E-state index contributed by atoms with van der Waals surface area (Å²) in [6.07, 6.45) is 0. The van der Waals surface area contributed by atoms with E-state index < -0.39 is 20.5 Å². The van der Waals surface area contributed by atoms with Crippen molar-refractivity contribution in [1.29, 1.82) is 0 Å². The minimum atomic E-state index is -4.67. The van der Waals surface area contributed by atoms with Gasteiger partial charge >= 0.3 is 0 Å². The van der Waals surface area contributed by atoms with Gasteiger partial charge in [0.15, 0.2) is 0 Å². The first kappa shape index (κ1) is 11.6. The van der Waals surface area contributed by atoms with Gasteiger partial charge in [-0.2, -0.15) is 8.42 Å². The Morgan fingerprint density at radius 2 is 2.00 bits per heavy atom. The van der Waals surface area contributed by atoms with Crippen LogP contribution in [0.2, 0.25) is 0 Å². The lowest BCUT2D eigenvalue weighted by Gasteiger charge is -2.06. The Balaban J connectivity index is 3.17. The molecule has 15 heavy (non-hydrogen) atoms. The average Bonchev–Trinajstić information content (AvgIpc) is 2.15. The molecule has 0 amide bonds. The molecule has 0 aliphatic rings. The summed E-state index contributed by atoms with van der Waals surface area (Å²) in [6.45, 7) is 0. The van der Waals surface area contributed by atoms with Crippen molar-refractivity contribution in [3.63, 3.8) is 0 Å². The Morgan fingerprint density at radius 3 is 2.47 bits per heavy atom. The monoisotopic (exact) mass is 233 g/mol. The van der Waals surface area contributed by atoms with E-state index in [1.54, 1.807) is 0 Å². The van der Waals surface area contributed by atoms with Crippen LogP contribution in [-0.4, -0.2) is 23.0 Å². The molecule has 2 N–H and O–H groups in total. The van der Waals surface area contributed by atoms with Crippen LogP contribution in [0.25, 0.3) is 0 Å². The molecule has 1 unspecified atom stereocenters. The van der Waals surface area contributed by atoms with Crippen molar-refractivity contribution in [3.05, 3.63) is 39.9 Å². The zero-order valence-electron chi connectivity index (χ0n) is 7.27. The van der Waals surface area contributed by atoms with Gasteiger partial charge in [-0.1, -0.05) is 12.1 Å². The van der Waals surface area contributed by atoms with E-state index in [1.165, 1.54) is 6.07 Å². The maximum Gasteiger partial charge on any atom is 0.296 e. The minimum absolute atomic E-state index is 0.258. The lowest BCUT2D eigenvalue weighted by Crippen LogP contribution is -2.11. The van der Waals surface area contributed by atoms with E-state index in [2.05, 4.69) is 0 Å². The second kappa shape index (κ2) is 3.93. The van der Waals surface area contributed by atoms with Crippen molar-refractivity contribution in [1.82, 2.24) is 0 Å². The number of benzene rings is 1. The molecular weight excluding hydrogens is 226 g/mol. The number of nitrogens with zero attached hydrogens (tertiary/aromatic N) is 1. The smallest absolute Gasteiger partial charge is 0.296 e. The molecule has 0 aliphatic carbocycles. The van der Waals surface area contributed by atoms with Crippen LogP contribution in [0.1, 0.15) is 11.0 Å². The third-order valence-electron chi connectivity index (χ3n) is 1.65. The van der Waals surface area contributed by atoms with Gasteiger partial charge in [0, 0.05) is 17.7 Å². The number of nitro benzene ring substituents is 1. The van der Waals surface area contributed by atoms with E-state index in [4.69, 9.17) is 9.66 Å². The molecule has 0 saturated carbocycles. The fourth-order valence-corrected chi connectivity index (χ4v) is 1.45. The molecule has 1 atom stereocenters. The lowest BCUT2D eigenvalue weighted by atomic mass is 10.2. The van der Waals surface area contributed by atoms with E-state index in [0.29, 0.717) is 0 Å². The summed E-state index contributed by atoms with van der Waals surface area (Å²) >= 11 is 0. The molecule has 82 valence electrons. The van der Waals surface area contributed by atoms with Crippen LogP contribution >= 0.6 is 0 Å². The predicted octanol–water partition coefficient (Wildman–Crippen LogP) is 0.474. The van der Waals surface area contributed by atoms with E-state index >= 15 is 0 Å². The van der Waals surface area contributed by atoms with Crippen molar-refractivity contribution in [2.45, 2.75) is 5.44 Å². The van der Waals surface area contributed by atoms with Crippen LogP contribution in [-0.2, 0) is 10.1 Å². The SMILES string of the molecule is O=[N+]([O-])c1cccc(C(O)S(=O)(=O)O)c1. The normalized spacial score (nSPS) is 13.5. The summed E-state index contributed by atoms with van der Waals surface area (Å²) in [5, 5.41) is 19.4. The first-order chi connectivity index (χ1) is 6.82. The second-order valence-corrected chi connectivity index (χ2v) is 4.20. The summed E-state index contributed by atoms with van der Waals surface area (Å²) in [5.74, 6) is 0. The minimum Gasteiger partial charge on any atom is -0.371 e. The van der Waals surface area contributed by atoms with Gasteiger partial charge in [0.05, 0.1) is 4.92 Å². The van der Waals surface area contributed by atoms with Gasteiger partial charge < -0.3 is 5.11 Å². The van der Waals surface area contributed by atoms with Gasteiger partial charge in [-0.15, -0.1) is 0 Å². The summed E-state index contributed by atoms with van der Waals surface area (Å²) in [4.78, 5) is 9.60. The molecule has 0 heterocycles. The second-order valence-electron chi connectivity index (χ2n) is 2.72. The Bertz CT molecular complexity index is 482. The Labute approximate surface area is 84.9 Å². The van der Waals surface area contributed by atoms with Crippen molar-refractivity contribution in [3.8, 4) is 0 Å². The van der Waals surface area contributed by atoms with Crippen LogP contribution in [0.15, 0.2) is 24.3 Å². The van der Waals surface area contributed by atoms with Gasteiger partial charge in [0.25, 0.3) is 15.8 Å². The number of aliphatic hydroxyl groups excluding tert-OH is 1. The molecule has 7 nitrogen and oxygen atoms in total. The van der Waals surface area contributed by atoms with Crippen LogP contribution in [0.5, 0.6) is 0 Å². The molecular formula is C7H7NO6S. The third-order valence-corrected chi connectivity index (χ3v) is 2.48. The maximum atomic E-state index is 10.5. The molecule has 0 aliphatic heterocycles. The largest absolute Gasteiger partial charge is 0.371 e. The van der Waals surface area contributed by atoms with E-state index in [9.17, 15) is 18.5 Å². The Morgan fingerprint density at radius 1 is 1.40 bits per heavy atom.